The third kappa shape index (κ3) is 4.45. The maximum atomic E-state index is 11.2. The van der Waals surface area contributed by atoms with Crippen LogP contribution in [-0.4, -0.2) is 48.5 Å². The van der Waals surface area contributed by atoms with Crippen molar-refractivity contribution in [3.63, 3.8) is 0 Å². The van der Waals surface area contributed by atoms with E-state index in [0.717, 1.165) is 0 Å². The van der Waals surface area contributed by atoms with E-state index >= 15 is 0 Å². The van der Waals surface area contributed by atoms with Crippen LogP contribution < -0.4 is 0 Å². The predicted molar refractivity (Wildman–Crippen MR) is 62.8 cm³/mol. The lowest BCUT2D eigenvalue weighted by molar-refractivity contribution is 0.0872. The third-order valence-corrected chi connectivity index (χ3v) is 5.26. The van der Waals surface area contributed by atoms with Crippen LogP contribution in [0.2, 0.25) is 0 Å². The molecule has 102 valence electrons. The molecule has 0 spiro atoms. The normalized spacial score (nSPS) is 27.1. The van der Waals surface area contributed by atoms with Crippen LogP contribution in [0.25, 0.3) is 0 Å². The summed E-state index contributed by atoms with van der Waals surface area (Å²) in [6, 6.07) is 0. The zero-order valence-electron chi connectivity index (χ0n) is 9.85. The first-order valence-corrected chi connectivity index (χ1v) is 8.74. The first kappa shape index (κ1) is 15.3. The molecule has 1 atom stereocenters. The molecule has 0 aromatic heterocycles. The molecule has 1 heterocycles. The maximum Gasteiger partial charge on any atom is 0.339 e. The molecule has 0 bridgehead atoms. The first-order chi connectivity index (χ1) is 7.42. The molecule has 7 nitrogen and oxygen atoms in total. The van der Waals surface area contributed by atoms with Crippen LogP contribution in [-0.2, 0) is 9.13 Å². The van der Waals surface area contributed by atoms with Crippen molar-refractivity contribution in [1.82, 2.24) is 4.90 Å². The minimum absolute atomic E-state index is 0.233. The highest BCUT2D eigenvalue weighted by atomic mass is 31.2. The van der Waals surface area contributed by atoms with Gasteiger partial charge in [-0.05, 0) is 26.7 Å². The Morgan fingerprint density at radius 1 is 1.24 bits per heavy atom. The quantitative estimate of drug-likeness (QED) is 0.559. The van der Waals surface area contributed by atoms with E-state index in [9.17, 15) is 9.13 Å². The van der Waals surface area contributed by atoms with Crippen molar-refractivity contribution in [1.29, 1.82) is 0 Å². The van der Waals surface area contributed by atoms with Gasteiger partial charge in [0.2, 0.25) is 0 Å². The lowest BCUT2D eigenvalue weighted by Gasteiger charge is -2.45. The molecule has 9 heteroatoms. The Morgan fingerprint density at radius 2 is 1.76 bits per heavy atom. The number of hydrogen-bond donors (Lipinski definition) is 4. The SMILES string of the molecule is CC1(C)CC(P(=O)(O)O)CCN1CP(=O)(O)O. The molecule has 0 saturated carbocycles. The predicted octanol–water partition coefficient (Wildman–Crippen LogP) is 0.542. The minimum Gasteiger partial charge on any atom is -0.324 e. The number of nitrogens with zero attached hydrogens (tertiary/aromatic N) is 1. The molecule has 1 aliphatic rings. The third-order valence-electron chi connectivity index (χ3n) is 3.15. The summed E-state index contributed by atoms with van der Waals surface area (Å²) in [4.78, 5) is 37.7. The summed E-state index contributed by atoms with van der Waals surface area (Å²) in [6.07, 6.45) is 0.124. The number of rotatable bonds is 3. The Bertz CT molecular complexity index is 372. The van der Waals surface area contributed by atoms with E-state index in [2.05, 4.69) is 0 Å². The lowest BCUT2D eigenvalue weighted by Crippen LogP contribution is -2.51. The summed E-state index contributed by atoms with van der Waals surface area (Å²) in [7, 11) is -8.26. The molecule has 0 amide bonds. The molecule has 0 radical (unpaired) electrons. The number of hydrogen-bond acceptors (Lipinski definition) is 3. The van der Waals surface area contributed by atoms with E-state index in [4.69, 9.17) is 19.6 Å². The van der Waals surface area contributed by atoms with Gasteiger partial charge in [0.05, 0.1) is 5.66 Å². The van der Waals surface area contributed by atoms with Gasteiger partial charge in [-0.3, -0.25) is 14.0 Å². The molecule has 1 unspecified atom stereocenters. The Hall–Kier alpha value is 0.260. The van der Waals surface area contributed by atoms with Crippen LogP contribution in [0.5, 0.6) is 0 Å². The summed E-state index contributed by atoms with van der Waals surface area (Å²) >= 11 is 0. The first-order valence-electron chi connectivity index (χ1n) is 5.27. The number of piperidine rings is 1. The van der Waals surface area contributed by atoms with E-state index in [1.165, 1.54) is 0 Å². The summed E-state index contributed by atoms with van der Waals surface area (Å²) in [5.74, 6) is 0. The van der Waals surface area contributed by atoms with E-state index < -0.39 is 26.4 Å². The van der Waals surface area contributed by atoms with Crippen LogP contribution in [0.15, 0.2) is 0 Å². The zero-order chi connectivity index (χ0) is 13.5. The fourth-order valence-electron chi connectivity index (χ4n) is 2.19. The van der Waals surface area contributed by atoms with Crippen LogP contribution >= 0.6 is 15.2 Å². The zero-order valence-corrected chi connectivity index (χ0v) is 11.6. The largest absolute Gasteiger partial charge is 0.339 e. The van der Waals surface area contributed by atoms with Gasteiger partial charge in [-0.15, -0.1) is 0 Å². The summed E-state index contributed by atoms with van der Waals surface area (Å²) in [6.45, 7) is 3.77. The maximum absolute atomic E-state index is 11.2. The highest BCUT2D eigenvalue weighted by Gasteiger charge is 2.43. The van der Waals surface area contributed by atoms with Crippen LogP contribution in [0, 0.1) is 0 Å². The second kappa shape index (κ2) is 4.74. The van der Waals surface area contributed by atoms with Crippen molar-refractivity contribution >= 4 is 15.2 Å². The molecular weight excluding hydrogens is 268 g/mol. The molecule has 4 N–H and O–H groups in total. The molecule has 1 rings (SSSR count). The molecule has 1 aliphatic heterocycles. The van der Waals surface area contributed by atoms with E-state index in [1.807, 2.05) is 0 Å². The smallest absolute Gasteiger partial charge is 0.324 e. The number of likely N-dealkylation sites (tertiary alicyclic amines) is 1. The van der Waals surface area contributed by atoms with Crippen LogP contribution in [0.4, 0.5) is 0 Å². The van der Waals surface area contributed by atoms with E-state index in [0.29, 0.717) is 0 Å². The van der Waals surface area contributed by atoms with Gasteiger partial charge < -0.3 is 19.6 Å². The Balaban J connectivity index is 2.77. The summed E-state index contributed by atoms with van der Waals surface area (Å²) < 4.78 is 22.2. The van der Waals surface area contributed by atoms with Gasteiger partial charge in [0.25, 0.3) is 0 Å². The lowest BCUT2D eigenvalue weighted by atomic mass is 9.91. The fourth-order valence-corrected chi connectivity index (χ4v) is 4.29. The minimum atomic E-state index is -4.14. The van der Waals surface area contributed by atoms with Gasteiger partial charge in [0.15, 0.2) is 0 Å². The molecule has 0 aliphatic carbocycles. The van der Waals surface area contributed by atoms with Crippen molar-refractivity contribution in [2.45, 2.75) is 37.9 Å². The van der Waals surface area contributed by atoms with Crippen LogP contribution in [0.3, 0.4) is 0 Å². The van der Waals surface area contributed by atoms with Crippen LogP contribution in [0.1, 0.15) is 26.7 Å². The van der Waals surface area contributed by atoms with Crippen molar-refractivity contribution in [2.75, 3.05) is 12.8 Å². The van der Waals surface area contributed by atoms with E-state index in [-0.39, 0.29) is 25.7 Å². The fraction of sp³-hybridized carbons (Fsp3) is 1.00. The van der Waals surface area contributed by atoms with Crippen molar-refractivity contribution in [3.8, 4) is 0 Å². The monoisotopic (exact) mass is 287 g/mol. The molecular formula is C8H19NO6P2. The van der Waals surface area contributed by atoms with Crippen molar-refractivity contribution in [3.05, 3.63) is 0 Å². The highest BCUT2D eigenvalue weighted by Crippen LogP contribution is 2.50. The highest BCUT2D eigenvalue weighted by molar-refractivity contribution is 7.52. The Labute approximate surface area is 100 Å². The van der Waals surface area contributed by atoms with Gasteiger partial charge >= 0.3 is 15.2 Å². The standard InChI is InChI=1S/C8H19NO6P2/c1-8(2)5-7(17(13,14)15)3-4-9(8)6-16(10,11)12/h7H,3-6H2,1-2H3,(H2,10,11,12)(H2,13,14,15). The van der Waals surface area contributed by atoms with Gasteiger partial charge in [0.1, 0.15) is 6.29 Å². The molecule has 0 aromatic carbocycles. The Morgan fingerprint density at radius 3 is 2.12 bits per heavy atom. The molecule has 0 aromatic rings. The topological polar surface area (TPSA) is 118 Å². The average Bonchev–Trinajstić information content (AvgIpc) is 2.04. The molecule has 1 fully saturated rings. The second-order valence-corrected chi connectivity index (χ2v) is 8.64. The molecule has 17 heavy (non-hydrogen) atoms. The molecule has 1 saturated heterocycles. The summed E-state index contributed by atoms with van der Waals surface area (Å²) in [5.41, 5.74) is -1.34. The van der Waals surface area contributed by atoms with Gasteiger partial charge in [-0.25, -0.2) is 0 Å². The van der Waals surface area contributed by atoms with Crippen molar-refractivity contribution < 1.29 is 28.7 Å². The second-order valence-electron chi connectivity index (χ2n) is 5.12. The average molecular weight is 287 g/mol. The van der Waals surface area contributed by atoms with E-state index in [1.54, 1.807) is 18.7 Å². The van der Waals surface area contributed by atoms with Gasteiger partial charge in [0, 0.05) is 12.1 Å². The van der Waals surface area contributed by atoms with Gasteiger partial charge in [-0.2, -0.15) is 0 Å². The Kier molecular flexibility index (Phi) is 4.27. The van der Waals surface area contributed by atoms with Gasteiger partial charge in [-0.1, -0.05) is 0 Å². The van der Waals surface area contributed by atoms with Crippen molar-refractivity contribution in [2.24, 2.45) is 0 Å². The summed E-state index contributed by atoms with van der Waals surface area (Å²) in [5, 5.41) is 0.